The third-order valence-corrected chi connectivity index (χ3v) is 9.87. The van der Waals surface area contributed by atoms with E-state index in [1.54, 1.807) is 62.8 Å². The summed E-state index contributed by atoms with van der Waals surface area (Å²) < 4.78 is 11.9. The van der Waals surface area contributed by atoms with Gasteiger partial charge in [-0.3, -0.25) is 19.2 Å². The summed E-state index contributed by atoms with van der Waals surface area (Å²) in [5, 5.41) is 5.88. The summed E-state index contributed by atoms with van der Waals surface area (Å²) in [7, 11) is 4.85. The molecule has 272 valence electrons. The lowest BCUT2D eigenvalue weighted by atomic mass is 9.89. The van der Waals surface area contributed by atoms with E-state index in [0.717, 1.165) is 18.7 Å². The van der Waals surface area contributed by atoms with E-state index in [9.17, 15) is 19.2 Å². The van der Waals surface area contributed by atoms with Gasteiger partial charge in [0.2, 0.25) is 17.7 Å². The number of nitrogen functional groups attached to an aromatic ring is 1. The normalized spacial score (nSPS) is 18.3. The Kier molecular flexibility index (Phi) is 15.1. The lowest BCUT2D eigenvalue weighted by Gasteiger charge is -2.40. The van der Waals surface area contributed by atoms with E-state index in [1.165, 1.54) is 0 Å². The number of ether oxygens (including phenoxy) is 2. The first-order valence-electron chi connectivity index (χ1n) is 17.4. The van der Waals surface area contributed by atoms with Gasteiger partial charge in [-0.05, 0) is 48.9 Å². The highest BCUT2D eigenvalue weighted by Gasteiger charge is 2.42. The maximum absolute atomic E-state index is 14.1. The average molecular weight is 684 g/mol. The van der Waals surface area contributed by atoms with Gasteiger partial charge < -0.3 is 40.6 Å². The molecule has 2 unspecified atom stereocenters. The Morgan fingerprint density at radius 3 is 2.37 bits per heavy atom. The smallest absolute Gasteiger partial charge is 0.251 e. The van der Waals surface area contributed by atoms with E-state index >= 15 is 0 Å². The van der Waals surface area contributed by atoms with Crippen LogP contribution in [0.5, 0.6) is 0 Å². The predicted molar refractivity (Wildman–Crippen MR) is 188 cm³/mol. The number of benzene rings is 1. The molecule has 1 aromatic carbocycles. The number of aromatic amines is 1. The number of carbonyl (C=O) groups excluding carboxylic acids is 4. The number of amides is 4. The molecule has 49 heavy (non-hydrogen) atoms. The van der Waals surface area contributed by atoms with Crippen molar-refractivity contribution in [2.75, 3.05) is 40.1 Å². The van der Waals surface area contributed by atoms with E-state index in [-0.39, 0.29) is 47.9 Å². The Morgan fingerprint density at radius 2 is 1.80 bits per heavy atom. The Morgan fingerprint density at radius 1 is 1.10 bits per heavy atom. The number of imidazole rings is 1. The molecule has 3 rings (SSSR count). The van der Waals surface area contributed by atoms with Gasteiger partial charge >= 0.3 is 0 Å². The molecule has 1 saturated heterocycles. The third kappa shape index (κ3) is 10.3. The first-order chi connectivity index (χ1) is 23.3. The van der Waals surface area contributed by atoms with Crippen molar-refractivity contribution in [3.63, 3.8) is 0 Å². The number of anilines is 1. The first kappa shape index (κ1) is 39.5. The van der Waals surface area contributed by atoms with E-state index in [0.29, 0.717) is 37.2 Å². The molecule has 0 bridgehead atoms. The van der Waals surface area contributed by atoms with E-state index < -0.39 is 30.2 Å². The molecule has 7 atom stereocenters. The Balaban J connectivity index is 1.73. The molecular formula is C36H57N7O6. The van der Waals surface area contributed by atoms with Gasteiger partial charge in [0, 0.05) is 64.4 Å². The summed E-state index contributed by atoms with van der Waals surface area (Å²) in [5.41, 5.74) is 6.73. The van der Waals surface area contributed by atoms with Crippen molar-refractivity contribution in [2.45, 2.75) is 97.1 Å². The number of likely N-dealkylation sites (tertiary alicyclic amines) is 1. The minimum Gasteiger partial charge on any atom is -0.399 e. The summed E-state index contributed by atoms with van der Waals surface area (Å²) in [5.74, 6) is -0.808. The molecule has 1 fully saturated rings. The van der Waals surface area contributed by atoms with Crippen molar-refractivity contribution in [1.82, 2.24) is 30.4 Å². The summed E-state index contributed by atoms with van der Waals surface area (Å²) in [6.45, 7) is 10.6. The van der Waals surface area contributed by atoms with Gasteiger partial charge in [-0.1, -0.05) is 41.0 Å². The van der Waals surface area contributed by atoms with Crippen LogP contribution in [0.1, 0.15) is 76.5 Å². The van der Waals surface area contributed by atoms with E-state index in [2.05, 4.69) is 20.6 Å². The number of aromatic nitrogens is 2. The second-order valence-corrected chi connectivity index (χ2v) is 13.5. The molecule has 1 aromatic heterocycles. The number of hydrogen-bond acceptors (Lipinski definition) is 8. The number of likely N-dealkylation sites (N-methyl/N-ethyl adjacent to an activating group) is 1. The zero-order valence-electron chi connectivity index (χ0n) is 30.4. The van der Waals surface area contributed by atoms with Crippen molar-refractivity contribution in [3.05, 3.63) is 48.0 Å². The van der Waals surface area contributed by atoms with Crippen molar-refractivity contribution >= 4 is 29.3 Å². The van der Waals surface area contributed by atoms with Gasteiger partial charge in [-0.2, -0.15) is 0 Å². The number of methoxy groups -OCH3 is 2. The van der Waals surface area contributed by atoms with Crippen molar-refractivity contribution in [2.24, 2.45) is 17.8 Å². The van der Waals surface area contributed by atoms with Crippen LogP contribution >= 0.6 is 0 Å². The first-order valence-corrected chi connectivity index (χ1v) is 17.4. The Bertz CT molecular complexity index is 1350. The molecule has 2 aromatic rings. The molecule has 1 aliphatic heterocycles. The maximum Gasteiger partial charge on any atom is 0.251 e. The zero-order chi connectivity index (χ0) is 36.2. The van der Waals surface area contributed by atoms with Crippen LogP contribution in [-0.4, -0.2) is 108 Å². The number of carbonyl (C=O) groups is 4. The highest BCUT2D eigenvalue weighted by atomic mass is 16.5. The molecule has 1 aliphatic rings. The topological polar surface area (TPSA) is 172 Å². The second kappa shape index (κ2) is 18.7. The molecule has 0 saturated carbocycles. The highest BCUT2D eigenvalue weighted by Crippen LogP contribution is 2.29. The van der Waals surface area contributed by atoms with Crippen LogP contribution in [0.25, 0.3) is 0 Å². The standard InChI is InChI=1S/C36H57N7O6/c1-9-23(4)32(42(6)36(47)31(22(2)3)41-35(46)25-12-14-26(37)15-13-25)28(48-7)21-30(44)43-20-10-11-27(43)33(49-8)24(5)34(45)40-17-16-29-38-18-19-39-29/h12-15,18-19,22-24,27-28,31-33H,9-11,16-17,20-21,37H2,1-8H3,(H,38,39)(H,40,45)(H,41,46)/t23-,24+,27?,28+,31?,32-,33+/m0/s1. The second-order valence-electron chi connectivity index (χ2n) is 13.5. The quantitative estimate of drug-likeness (QED) is 0.174. The predicted octanol–water partition coefficient (Wildman–Crippen LogP) is 3.03. The highest BCUT2D eigenvalue weighted by molar-refractivity contribution is 5.98. The molecule has 0 aliphatic carbocycles. The van der Waals surface area contributed by atoms with Crippen LogP contribution in [0.3, 0.4) is 0 Å². The maximum atomic E-state index is 14.1. The van der Waals surface area contributed by atoms with Gasteiger partial charge in [0.05, 0.1) is 36.6 Å². The molecule has 2 heterocycles. The van der Waals surface area contributed by atoms with Crippen LogP contribution in [0.2, 0.25) is 0 Å². The fourth-order valence-corrected chi connectivity index (χ4v) is 6.80. The monoisotopic (exact) mass is 683 g/mol. The SMILES string of the molecule is CC[C@H](C)[C@@H]([C@@H](CC(=O)N1CCCC1[C@H](OC)[C@@H](C)C(=O)NCCc1ncc[nH]1)OC)N(C)C(=O)C(NC(=O)c1ccc(N)cc1)C(C)C. The Labute approximate surface area is 291 Å². The number of H-pyrrole nitrogens is 1. The van der Waals surface area contributed by atoms with Crippen LogP contribution in [0.4, 0.5) is 5.69 Å². The van der Waals surface area contributed by atoms with Crippen LogP contribution < -0.4 is 16.4 Å². The molecule has 0 spiro atoms. The summed E-state index contributed by atoms with van der Waals surface area (Å²) >= 11 is 0. The van der Waals surface area contributed by atoms with Crippen LogP contribution in [0, 0.1) is 17.8 Å². The molecular weight excluding hydrogens is 626 g/mol. The Hall–Kier alpha value is -3.97. The summed E-state index contributed by atoms with van der Waals surface area (Å²) in [4.78, 5) is 65.0. The fourth-order valence-electron chi connectivity index (χ4n) is 6.80. The number of rotatable bonds is 18. The number of nitrogens with zero attached hydrogens (tertiary/aromatic N) is 3. The van der Waals surface area contributed by atoms with Gasteiger partial charge in [0.25, 0.3) is 5.91 Å². The molecule has 13 nitrogen and oxygen atoms in total. The van der Waals surface area contributed by atoms with Gasteiger partial charge in [-0.15, -0.1) is 0 Å². The average Bonchev–Trinajstić information content (AvgIpc) is 3.79. The van der Waals surface area contributed by atoms with Crippen molar-refractivity contribution < 1.29 is 28.7 Å². The largest absolute Gasteiger partial charge is 0.399 e. The molecule has 13 heteroatoms. The molecule has 0 radical (unpaired) electrons. The molecule has 4 amide bonds. The van der Waals surface area contributed by atoms with E-state index in [4.69, 9.17) is 15.2 Å². The van der Waals surface area contributed by atoms with Crippen LogP contribution in [-0.2, 0) is 30.3 Å². The van der Waals surface area contributed by atoms with Gasteiger partial charge in [0.1, 0.15) is 11.9 Å². The number of nitrogens with one attached hydrogen (secondary N) is 3. The van der Waals surface area contributed by atoms with E-state index in [1.807, 2.05) is 39.5 Å². The summed E-state index contributed by atoms with van der Waals surface area (Å²) in [6, 6.07) is 5.01. The van der Waals surface area contributed by atoms with Gasteiger partial charge in [-0.25, -0.2) is 4.98 Å². The van der Waals surface area contributed by atoms with Crippen molar-refractivity contribution in [1.29, 1.82) is 0 Å². The zero-order valence-corrected chi connectivity index (χ0v) is 30.4. The molecule has 5 N–H and O–H groups in total. The third-order valence-electron chi connectivity index (χ3n) is 9.87. The lowest BCUT2D eigenvalue weighted by molar-refractivity contribution is -0.146. The van der Waals surface area contributed by atoms with Crippen molar-refractivity contribution in [3.8, 4) is 0 Å². The lowest BCUT2D eigenvalue weighted by Crippen LogP contribution is -2.57. The minimum atomic E-state index is -0.799. The fraction of sp³-hybridized carbons (Fsp3) is 0.639. The van der Waals surface area contributed by atoms with Crippen LogP contribution in [0.15, 0.2) is 36.7 Å². The van der Waals surface area contributed by atoms with Gasteiger partial charge in [0.15, 0.2) is 0 Å². The number of hydrogen-bond donors (Lipinski definition) is 4. The summed E-state index contributed by atoms with van der Waals surface area (Å²) in [6.07, 6.45) is 5.18. The minimum absolute atomic E-state index is 0.0155. The number of nitrogens with two attached hydrogens (primary N) is 1.